The van der Waals surface area contributed by atoms with E-state index in [1.807, 2.05) is 13.0 Å². The smallest absolute Gasteiger partial charge is 0.152 e. The third-order valence-electron chi connectivity index (χ3n) is 2.24. The Bertz CT molecular complexity index is 514. The highest BCUT2D eigenvalue weighted by Crippen LogP contribution is 2.20. The maximum Gasteiger partial charge on any atom is 0.152 e. The summed E-state index contributed by atoms with van der Waals surface area (Å²) in [6, 6.07) is 5.27. The van der Waals surface area contributed by atoms with Crippen molar-refractivity contribution in [3.05, 3.63) is 47.0 Å². The molecule has 88 valence electrons. The predicted octanol–water partition coefficient (Wildman–Crippen LogP) is 2.76. The second-order valence-corrected chi connectivity index (χ2v) is 4.07. The lowest BCUT2D eigenvalue weighted by atomic mass is 10.3. The van der Waals surface area contributed by atoms with E-state index in [9.17, 15) is 0 Å². The van der Waals surface area contributed by atoms with Crippen molar-refractivity contribution in [1.82, 2.24) is 9.97 Å². The zero-order valence-electron chi connectivity index (χ0n) is 9.31. The second-order valence-electron chi connectivity index (χ2n) is 3.71. The highest BCUT2D eigenvalue weighted by Gasteiger charge is 2.02. The largest absolute Gasteiger partial charge is 0.506 e. The number of nitrogens with one attached hydrogen (secondary N) is 1. The number of hydrogen-bond acceptors (Lipinski definition) is 4. The molecule has 2 aromatic heterocycles. The monoisotopic (exact) mass is 249 g/mol. The number of aromatic nitrogens is 2. The molecule has 0 atom stereocenters. The summed E-state index contributed by atoms with van der Waals surface area (Å²) >= 11 is 5.95. The summed E-state index contributed by atoms with van der Waals surface area (Å²) in [6.07, 6.45) is 3.12. The lowest BCUT2D eigenvalue weighted by molar-refractivity contribution is 0.472. The number of hydrogen-bond donors (Lipinski definition) is 2. The molecule has 0 saturated heterocycles. The molecule has 0 amide bonds. The number of halogens is 1. The van der Waals surface area contributed by atoms with Gasteiger partial charge in [-0.1, -0.05) is 11.6 Å². The second kappa shape index (κ2) is 5.01. The minimum absolute atomic E-state index is 0.156. The Morgan fingerprint density at radius 2 is 2.12 bits per heavy atom. The van der Waals surface area contributed by atoms with Crippen molar-refractivity contribution >= 4 is 17.3 Å². The van der Waals surface area contributed by atoms with E-state index in [0.717, 1.165) is 16.9 Å². The molecule has 0 aliphatic heterocycles. The Morgan fingerprint density at radius 3 is 2.82 bits per heavy atom. The van der Waals surface area contributed by atoms with Crippen molar-refractivity contribution in [2.24, 2.45) is 0 Å². The first-order valence-electron chi connectivity index (χ1n) is 5.15. The van der Waals surface area contributed by atoms with E-state index in [-0.39, 0.29) is 5.75 Å². The van der Waals surface area contributed by atoms with Crippen LogP contribution in [-0.2, 0) is 6.54 Å². The van der Waals surface area contributed by atoms with Gasteiger partial charge in [0.1, 0.15) is 5.75 Å². The maximum absolute atomic E-state index is 9.11. The van der Waals surface area contributed by atoms with Gasteiger partial charge in [-0.05, 0) is 30.7 Å². The van der Waals surface area contributed by atoms with E-state index >= 15 is 0 Å². The third kappa shape index (κ3) is 3.07. The first-order chi connectivity index (χ1) is 8.15. The Kier molecular flexibility index (Phi) is 3.44. The first-order valence-corrected chi connectivity index (χ1v) is 5.53. The average Bonchev–Trinajstić information content (AvgIpc) is 2.32. The first kappa shape index (κ1) is 11.7. The molecule has 0 aromatic carbocycles. The molecule has 0 fully saturated rings. The molecule has 0 bridgehead atoms. The zero-order valence-corrected chi connectivity index (χ0v) is 10.1. The molecule has 2 rings (SSSR count). The average molecular weight is 250 g/mol. The van der Waals surface area contributed by atoms with Gasteiger partial charge in [0.15, 0.2) is 5.15 Å². The Hall–Kier alpha value is -1.81. The maximum atomic E-state index is 9.11. The molecule has 0 spiro atoms. The van der Waals surface area contributed by atoms with Crippen molar-refractivity contribution in [1.29, 1.82) is 0 Å². The van der Waals surface area contributed by atoms with Gasteiger partial charge in [0.2, 0.25) is 0 Å². The van der Waals surface area contributed by atoms with Gasteiger partial charge in [0.05, 0.1) is 24.1 Å². The van der Waals surface area contributed by atoms with Crippen LogP contribution in [0.2, 0.25) is 5.15 Å². The fourth-order valence-electron chi connectivity index (χ4n) is 1.38. The zero-order chi connectivity index (χ0) is 12.3. The highest BCUT2D eigenvalue weighted by molar-refractivity contribution is 6.31. The Morgan fingerprint density at radius 1 is 1.29 bits per heavy atom. The fraction of sp³-hybridized carbons (Fsp3) is 0.167. The molecule has 17 heavy (non-hydrogen) atoms. The fourth-order valence-corrected chi connectivity index (χ4v) is 1.55. The minimum Gasteiger partial charge on any atom is -0.506 e. The molecule has 4 nitrogen and oxygen atoms in total. The van der Waals surface area contributed by atoms with Crippen LogP contribution in [0.4, 0.5) is 5.69 Å². The molecular formula is C12H12ClN3O. The summed E-state index contributed by atoms with van der Waals surface area (Å²) in [5.74, 6) is 0.156. The van der Waals surface area contributed by atoms with E-state index in [2.05, 4.69) is 15.3 Å². The van der Waals surface area contributed by atoms with Crippen molar-refractivity contribution < 1.29 is 5.11 Å². The van der Waals surface area contributed by atoms with E-state index in [4.69, 9.17) is 16.7 Å². The summed E-state index contributed by atoms with van der Waals surface area (Å²) in [6.45, 7) is 2.48. The van der Waals surface area contributed by atoms with E-state index in [1.165, 1.54) is 6.20 Å². The Balaban J connectivity index is 2.07. The summed E-state index contributed by atoms with van der Waals surface area (Å²) in [5, 5.41) is 12.7. The summed E-state index contributed by atoms with van der Waals surface area (Å²) < 4.78 is 0. The van der Waals surface area contributed by atoms with Gasteiger partial charge in [0, 0.05) is 6.20 Å². The molecule has 0 saturated carbocycles. The standard InChI is InChI=1S/C12H12ClN3O/c1-8-4-11(12(13)16-5-8)15-6-9-2-3-10(17)7-14-9/h2-5,7,15,17H,6H2,1H3. The molecule has 0 unspecified atom stereocenters. The van der Waals surface area contributed by atoms with Crippen LogP contribution in [0.15, 0.2) is 30.6 Å². The van der Waals surface area contributed by atoms with E-state index in [1.54, 1.807) is 18.3 Å². The molecule has 0 aliphatic carbocycles. The summed E-state index contributed by atoms with van der Waals surface area (Å²) in [7, 11) is 0. The van der Waals surface area contributed by atoms with Gasteiger partial charge in [-0.2, -0.15) is 0 Å². The van der Waals surface area contributed by atoms with Crippen molar-refractivity contribution in [2.45, 2.75) is 13.5 Å². The number of anilines is 1. The van der Waals surface area contributed by atoms with Gasteiger partial charge in [0.25, 0.3) is 0 Å². The minimum atomic E-state index is 0.156. The van der Waals surface area contributed by atoms with Crippen molar-refractivity contribution in [3.63, 3.8) is 0 Å². The van der Waals surface area contributed by atoms with Gasteiger partial charge in [-0.3, -0.25) is 4.98 Å². The lowest BCUT2D eigenvalue weighted by Crippen LogP contribution is -2.02. The van der Waals surface area contributed by atoms with Gasteiger partial charge in [-0.25, -0.2) is 4.98 Å². The number of nitrogens with zero attached hydrogens (tertiary/aromatic N) is 2. The molecular weight excluding hydrogens is 238 g/mol. The molecule has 2 N–H and O–H groups in total. The topological polar surface area (TPSA) is 58.0 Å². The normalized spacial score (nSPS) is 10.2. The van der Waals surface area contributed by atoms with Gasteiger partial charge < -0.3 is 10.4 Å². The number of pyridine rings is 2. The predicted molar refractivity (Wildman–Crippen MR) is 67.2 cm³/mol. The number of aryl methyl sites for hydroxylation is 1. The van der Waals surface area contributed by atoms with Gasteiger partial charge >= 0.3 is 0 Å². The molecule has 0 radical (unpaired) electrons. The highest BCUT2D eigenvalue weighted by atomic mass is 35.5. The van der Waals surface area contributed by atoms with Gasteiger partial charge in [-0.15, -0.1) is 0 Å². The van der Waals surface area contributed by atoms with Crippen LogP contribution in [0.3, 0.4) is 0 Å². The Labute approximate surface area is 104 Å². The number of aromatic hydroxyl groups is 1. The molecule has 0 aliphatic rings. The molecule has 2 aromatic rings. The van der Waals surface area contributed by atoms with Crippen LogP contribution in [0.1, 0.15) is 11.3 Å². The van der Waals surface area contributed by atoms with Crippen LogP contribution >= 0.6 is 11.6 Å². The van der Waals surface area contributed by atoms with Crippen LogP contribution in [0, 0.1) is 6.92 Å². The molecule has 5 heteroatoms. The molecule has 2 heterocycles. The van der Waals surface area contributed by atoms with Crippen LogP contribution < -0.4 is 5.32 Å². The van der Waals surface area contributed by atoms with Crippen LogP contribution in [0.5, 0.6) is 5.75 Å². The SMILES string of the molecule is Cc1cnc(Cl)c(NCc2ccc(O)cn2)c1. The summed E-state index contributed by atoms with van der Waals surface area (Å²) in [4.78, 5) is 8.12. The summed E-state index contributed by atoms with van der Waals surface area (Å²) in [5.41, 5.74) is 2.64. The lowest BCUT2D eigenvalue weighted by Gasteiger charge is -2.08. The number of rotatable bonds is 3. The van der Waals surface area contributed by atoms with Crippen molar-refractivity contribution in [2.75, 3.05) is 5.32 Å². The van der Waals surface area contributed by atoms with E-state index in [0.29, 0.717) is 11.7 Å². The van der Waals surface area contributed by atoms with Crippen molar-refractivity contribution in [3.8, 4) is 5.75 Å². The van der Waals surface area contributed by atoms with Crippen LogP contribution in [-0.4, -0.2) is 15.1 Å². The third-order valence-corrected chi connectivity index (χ3v) is 2.55. The quantitative estimate of drug-likeness (QED) is 0.822. The van der Waals surface area contributed by atoms with E-state index < -0.39 is 0 Å². The van der Waals surface area contributed by atoms with Crippen LogP contribution in [0.25, 0.3) is 0 Å².